The van der Waals surface area contributed by atoms with E-state index in [9.17, 15) is 0 Å². The summed E-state index contributed by atoms with van der Waals surface area (Å²) in [5.41, 5.74) is 22.0. The zero-order valence-corrected chi connectivity index (χ0v) is 50.3. The Hall–Kier alpha value is -10.3. The molecule has 2 aliphatic carbocycles. The SMILES string of the molecule is C=Cc1ccc(C2(c3cc(C)ccc3C)c3ccccc3-c3ccc(N(c4ccc(F)c(F)c4)c4ccc5sc6ccc(N(c7ccc(F)c(F)c7)c7ccc8c(c7)C(c7ccc(C=C)cc7)(c7cc(C)ccc7C)c7ccccc7-8)cc6c5c4)cc32)cc1. The molecule has 1 aromatic heterocycles. The minimum absolute atomic E-state index is 0.434. The topological polar surface area (TPSA) is 6.48 Å². The van der Waals surface area contributed by atoms with Gasteiger partial charge in [0.2, 0.25) is 0 Å². The summed E-state index contributed by atoms with van der Waals surface area (Å²) < 4.78 is 64.1. The first-order valence-electron chi connectivity index (χ1n) is 29.9. The summed E-state index contributed by atoms with van der Waals surface area (Å²) in [6.45, 7) is 16.7. The molecule has 0 spiro atoms. The maximum Gasteiger partial charge on any atom is 0.160 e. The highest BCUT2D eigenvalue weighted by Crippen LogP contribution is 2.60. The van der Waals surface area contributed by atoms with Crippen molar-refractivity contribution in [2.75, 3.05) is 9.80 Å². The highest BCUT2D eigenvalue weighted by Gasteiger charge is 2.49. The number of hydrogen-bond acceptors (Lipinski definition) is 3. The van der Waals surface area contributed by atoms with Crippen molar-refractivity contribution in [1.29, 1.82) is 0 Å². The van der Waals surface area contributed by atoms with Crippen LogP contribution in [-0.2, 0) is 10.8 Å². The van der Waals surface area contributed by atoms with Gasteiger partial charge in [-0.05, 0) is 202 Å². The van der Waals surface area contributed by atoms with E-state index in [-0.39, 0.29) is 0 Å². The average Bonchev–Trinajstić information content (AvgIpc) is 1.57. The van der Waals surface area contributed by atoms with Crippen molar-refractivity contribution in [3.05, 3.63) is 357 Å². The van der Waals surface area contributed by atoms with Gasteiger partial charge >= 0.3 is 0 Å². The number of halogens is 4. The lowest BCUT2D eigenvalue weighted by Gasteiger charge is -2.36. The molecule has 2 unspecified atom stereocenters. The van der Waals surface area contributed by atoms with E-state index in [2.05, 4.69) is 235 Å². The second kappa shape index (κ2) is 21.2. The molecule has 7 heteroatoms. The Labute approximate surface area is 519 Å². The van der Waals surface area contributed by atoms with Crippen LogP contribution in [0.25, 0.3) is 54.6 Å². The van der Waals surface area contributed by atoms with Gasteiger partial charge in [0, 0.05) is 66.4 Å². The second-order valence-corrected chi connectivity index (χ2v) is 24.8. The molecule has 2 atom stereocenters. The molecule has 430 valence electrons. The number of thiophene rings is 1. The summed E-state index contributed by atoms with van der Waals surface area (Å²) in [6, 6.07) is 81.4. The normalized spacial score (nSPS) is 15.4. The van der Waals surface area contributed by atoms with Crippen LogP contribution in [0.2, 0.25) is 0 Å². The fourth-order valence-electron chi connectivity index (χ4n) is 14.5. The summed E-state index contributed by atoms with van der Waals surface area (Å²) in [5.74, 6) is -3.83. The Balaban J connectivity index is 0.934. The van der Waals surface area contributed by atoms with Gasteiger partial charge in [-0.25, -0.2) is 17.6 Å². The summed E-state index contributed by atoms with van der Waals surface area (Å²) in [7, 11) is 0. The van der Waals surface area contributed by atoms with Crippen LogP contribution in [0.5, 0.6) is 0 Å². The van der Waals surface area contributed by atoms with E-state index in [1.54, 1.807) is 23.5 Å². The van der Waals surface area contributed by atoms with E-state index in [4.69, 9.17) is 0 Å². The first-order valence-corrected chi connectivity index (χ1v) is 30.7. The van der Waals surface area contributed by atoms with Crippen molar-refractivity contribution in [2.45, 2.75) is 38.5 Å². The molecule has 1 heterocycles. The molecule has 0 radical (unpaired) electrons. The van der Waals surface area contributed by atoms with Gasteiger partial charge in [0.25, 0.3) is 0 Å². The van der Waals surface area contributed by atoms with Gasteiger partial charge in [-0.15, -0.1) is 11.3 Å². The molecular weight excluding hydrogens is 1120 g/mol. The van der Waals surface area contributed by atoms with E-state index in [0.29, 0.717) is 11.4 Å². The van der Waals surface area contributed by atoms with Gasteiger partial charge in [0.05, 0.1) is 10.8 Å². The van der Waals surface area contributed by atoms with Crippen LogP contribution in [0, 0.1) is 51.0 Å². The molecule has 0 N–H and O–H groups in total. The molecule has 12 aromatic carbocycles. The van der Waals surface area contributed by atoms with Crippen molar-refractivity contribution in [3.8, 4) is 22.3 Å². The number of aryl methyl sites for hydroxylation is 4. The van der Waals surface area contributed by atoms with Crippen molar-refractivity contribution < 1.29 is 17.6 Å². The van der Waals surface area contributed by atoms with Crippen LogP contribution in [0.1, 0.15) is 77.9 Å². The maximum atomic E-state index is 15.9. The van der Waals surface area contributed by atoms with Crippen LogP contribution >= 0.6 is 11.3 Å². The lowest BCUT2D eigenvalue weighted by Crippen LogP contribution is -2.30. The maximum absolute atomic E-state index is 15.9. The van der Waals surface area contributed by atoms with Crippen LogP contribution in [0.15, 0.2) is 256 Å². The van der Waals surface area contributed by atoms with Crippen LogP contribution in [0.4, 0.5) is 51.7 Å². The molecular formula is C82H58F4N2S. The van der Waals surface area contributed by atoms with Gasteiger partial charge in [0.1, 0.15) is 0 Å². The van der Waals surface area contributed by atoms with Crippen LogP contribution < -0.4 is 9.80 Å². The summed E-state index contributed by atoms with van der Waals surface area (Å²) >= 11 is 1.64. The minimum Gasteiger partial charge on any atom is -0.310 e. The van der Waals surface area contributed by atoms with Gasteiger partial charge in [0.15, 0.2) is 23.3 Å². The average molecular weight is 1180 g/mol. The Kier molecular flexibility index (Phi) is 13.2. The third kappa shape index (κ3) is 8.58. The molecule has 13 aromatic rings. The number of rotatable bonds is 12. The lowest BCUT2D eigenvalue weighted by atomic mass is 9.66. The number of hydrogen-bond donors (Lipinski definition) is 0. The molecule has 0 fully saturated rings. The number of nitrogens with zero attached hydrogens (tertiary/aromatic N) is 2. The largest absolute Gasteiger partial charge is 0.310 e. The highest BCUT2D eigenvalue weighted by molar-refractivity contribution is 7.25. The van der Waals surface area contributed by atoms with Crippen LogP contribution in [-0.4, -0.2) is 0 Å². The number of fused-ring (bicyclic) bond motifs is 9. The van der Waals surface area contributed by atoms with Crippen molar-refractivity contribution >= 4 is 77.8 Å². The van der Waals surface area contributed by atoms with E-state index < -0.39 is 34.1 Å². The predicted octanol–water partition coefficient (Wildman–Crippen LogP) is 22.8. The first kappa shape index (κ1) is 55.3. The van der Waals surface area contributed by atoms with Crippen molar-refractivity contribution in [3.63, 3.8) is 0 Å². The standard InChI is InChI=1S/C82H58F4N2S/c1-7-53-21-25-55(26-22-53)81(71-41-49(3)17-19-51(71)5)69-15-11-9-13-63(69)65-35-29-59(45-73(65)81)87(61-31-37-75(83)77(85)47-61)57-33-39-79-67(43-57)68-44-58(34-40-80(68)89-79)88(62-32-38-76(84)78(86)48-62)60-30-36-66-64-14-10-12-16-70(64)82(74(66)46-60,56-27-23-54(8-2)24-28-56)72-42-50(4)18-20-52(72)6/h7-48H,1-2H2,3-6H3. The molecule has 15 rings (SSSR count). The third-order valence-corrected chi connectivity index (χ3v) is 19.8. The molecule has 89 heavy (non-hydrogen) atoms. The molecule has 0 amide bonds. The van der Waals surface area contributed by atoms with Gasteiger partial charge < -0.3 is 9.80 Å². The van der Waals surface area contributed by atoms with Gasteiger partial charge in [-0.1, -0.05) is 182 Å². The highest BCUT2D eigenvalue weighted by atomic mass is 32.1. The fourth-order valence-corrected chi connectivity index (χ4v) is 15.6. The van der Waals surface area contributed by atoms with E-state index in [1.165, 1.54) is 24.3 Å². The van der Waals surface area contributed by atoms with Crippen molar-refractivity contribution in [2.24, 2.45) is 0 Å². The Bertz CT molecular complexity index is 4760. The monoisotopic (exact) mass is 1180 g/mol. The fraction of sp³-hybridized carbons (Fsp3) is 0.0732. The molecule has 2 nitrogen and oxygen atoms in total. The van der Waals surface area contributed by atoms with Gasteiger partial charge in [-0.2, -0.15) is 0 Å². The third-order valence-electron chi connectivity index (χ3n) is 18.6. The number of benzene rings is 12. The predicted molar refractivity (Wildman–Crippen MR) is 362 cm³/mol. The van der Waals surface area contributed by atoms with Crippen LogP contribution in [0.3, 0.4) is 0 Å². The Morgan fingerprint density at radius 3 is 1.09 bits per heavy atom. The number of anilines is 6. The zero-order valence-electron chi connectivity index (χ0n) is 49.5. The molecule has 0 bridgehead atoms. The molecule has 0 saturated heterocycles. The summed E-state index contributed by atoms with van der Waals surface area (Å²) in [6.07, 6.45) is 3.71. The zero-order chi connectivity index (χ0) is 61.0. The smallest absolute Gasteiger partial charge is 0.160 e. The molecule has 0 saturated carbocycles. The quantitative estimate of drug-likeness (QED) is 0.113. The Morgan fingerprint density at radius 1 is 0.326 bits per heavy atom. The molecule has 2 aliphatic rings. The van der Waals surface area contributed by atoms with E-state index >= 15 is 17.6 Å². The van der Waals surface area contributed by atoms with E-state index in [1.807, 2.05) is 34.1 Å². The van der Waals surface area contributed by atoms with Gasteiger partial charge in [-0.3, -0.25) is 0 Å². The van der Waals surface area contributed by atoms with E-state index in [0.717, 1.165) is 143 Å². The lowest BCUT2D eigenvalue weighted by molar-refractivity contribution is 0.509. The molecule has 0 aliphatic heterocycles. The summed E-state index contributed by atoms with van der Waals surface area (Å²) in [5, 5.41) is 1.84. The van der Waals surface area contributed by atoms with Crippen molar-refractivity contribution in [1.82, 2.24) is 0 Å². The minimum atomic E-state index is -0.968. The Morgan fingerprint density at radius 2 is 0.685 bits per heavy atom. The first-order chi connectivity index (χ1) is 43.3. The summed E-state index contributed by atoms with van der Waals surface area (Å²) in [4.78, 5) is 4.02. The second-order valence-electron chi connectivity index (χ2n) is 23.7.